The van der Waals surface area contributed by atoms with Gasteiger partial charge >= 0.3 is 0 Å². The van der Waals surface area contributed by atoms with Crippen LogP contribution in [0.25, 0.3) is 0 Å². The average molecular weight is 129 g/mol. The summed E-state index contributed by atoms with van der Waals surface area (Å²) in [6.07, 6.45) is -0.528. The van der Waals surface area contributed by atoms with Gasteiger partial charge in [-0.15, -0.1) is 16.9 Å². The molecule has 0 atom stereocenters. The Balaban J connectivity index is 2.66. The molecule has 0 saturated heterocycles. The SMILES string of the molecule is [2H]C([2H])([2H])Sc1cccnn1. The summed E-state index contributed by atoms with van der Waals surface area (Å²) in [6.45, 7) is 0. The number of hydrogen-bond acceptors (Lipinski definition) is 3. The summed E-state index contributed by atoms with van der Waals surface area (Å²) in [5, 5.41) is 7.59. The van der Waals surface area contributed by atoms with Crippen molar-refractivity contribution in [2.75, 3.05) is 6.18 Å². The minimum Gasteiger partial charge on any atom is -0.158 e. The van der Waals surface area contributed by atoms with Gasteiger partial charge in [-0.3, -0.25) is 0 Å². The molecule has 3 heteroatoms. The quantitative estimate of drug-likeness (QED) is 0.533. The zero-order valence-corrected chi connectivity index (χ0v) is 4.85. The number of nitrogens with zero attached hydrogens (tertiary/aromatic N) is 2. The van der Waals surface area contributed by atoms with Crippen molar-refractivity contribution in [2.45, 2.75) is 5.03 Å². The first kappa shape index (κ1) is 2.82. The molecule has 0 aliphatic carbocycles. The molecule has 0 aliphatic heterocycles. The van der Waals surface area contributed by atoms with Crippen molar-refractivity contribution in [3.63, 3.8) is 0 Å². The first-order valence-electron chi connectivity index (χ1n) is 3.55. The zero-order chi connectivity index (χ0) is 8.32. The van der Waals surface area contributed by atoms with Gasteiger partial charge in [0.15, 0.2) is 0 Å². The second kappa shape index (κ2) is 2.67. The zero-order valence-electron chi connectivity index (χ0n) is 7.03. The Morgan fingerprint density at radius 1 is 1.88 bits per heavy atom. The molecule has 2 nitrogen and oxygen atoms in total. The van der Waals surface area contributed by atoms with Gasteiger partial charge in [0.2, 0.25) is 0 Å². The molecule has 0 spiro atoms. The lowest BCUT2D eigenvalue weighted by molar-refractivity contribution is 0.931. The Kier molecular flexibility index (Phi) is 0.942. The van der Waals surface area contributed by atoms with Crippen molar-refractivity contribution in [3.05, 3.63) is 18.3 Å². The summed E-state index contributed by atoms with van der Waals surface area (Å²) in [4.78, 5) is 0. The molecule has 0 saturated carbocycles. The van der Waals surface area contributed by atoms with E-state index in [1.807, 2.05) is 0 Å². The third kappa shape index (κ3) is 1.20. The number of aromatic nitrogens is 2. The average Bonchev–Trinajstić information content (AvgIpc) is 1.85. The van der Waals surface area contributed by atoms with Crippen molar-refractivity contribution in [1.82, 2.24) is 10.2 Å². The van der Waals surface area contributed by atoms with Gasteiger partial charge < -0.3 is 0 Å². The van der Waals surface area contributed by atoms with Crippen LogP contribution in [0.4, 0.5) is 0 Å². The van der Waals surface area contributed by atoms with Gasteiger partial charge in [0.25, 0.3) is 0 Å². The highest BCUT2D eigenvalue weighted by molar-refractivity contribution is 7.98. The maximum absolute atomic E-state index is 6.90. The van der Waals surface area contributed by atoms with Crippen LogP contribution in [0, 0.1) is 0 Å². The summed E-state index contributed by atoms with van der Waals surface area (Å²) >= 11 is 0.727. The fraction of sp³-hybridized carbons (Fsp3) is 0.200. The third-order valence-electron chi connectivity index (χ3n) is 0.652. The normalized spacial score (nSPS) is 16.2. The van der Waals surface area contributed by atoms with Crippen molar-refractivity contribution >= 4 is 11.8 Å². The highest BCUT2D eigenvalue weighted by Crippen LogP contribution is 2.06. The summed E-state index contributed by atoms with van der Waals surface area (Å²) in [5.74, 6) is 0. The van der Waals surface area contributed by atoms with E-state index >= 15 is 0 Å². The van der Waals surface area contributed by atoms with Crippen molar-refractivity contribution in [2.24, 2.45) is 0 Å². The van der Waals surface area contributed by atoms with E-state index in [2.05, 4.69) is 10.2 Å². The van der Waals surface area contributed by atoms with Crippen LogP contribution in [0.2, 0.25) is 0 Å². The van der Waals surface area contributed by atoms with Crippen LogP contribution >= 0.6 is 11.8 Å². The lowest BCUT2D eigenvalue weighted by Gasteiger charge is -1.86. The predicted octanol–water partition coefficient (Wildman–Crippen LogP) is 1.20. The molecular formula is C5H6N2S. The summed E-state index contributed by atoms with van der Waals surface area (Å²) in [7, 11) is 0. The molecule has 1 aromatic heterocycles. The van der Waals surface area contributed by atoms with Crippen molar-refractivity contribution in [3.8, 4) is 0 Å². The molecule has 0 unspecified atom stereocenters. The van der Waals surface area contributed by atoms with Crippen LogP contribution in [0.15, 0.2) is 23.4 Å². The van der Waals surface area contributed by atoms with Crippen LogP contribution in [0.3, 0.4) is 0 Å². The molecule has 0 aliphatic rings. The number of thioether (sulfide) groups is 1. The highest BCUT2D eigenvalue weighted by Gasteiger charge is 1.83. The second-order valence-electron chi connectivity index (χ2n) is 1.16. The Morgan fingerprint density at radius 2 is 2.88 bits per heavy atom. The van der Waals surface area contributed by atoms with Gasteiger partial charge in [0, 0.05) is 10.3 Å². The van der Waals surface area contributed by atoms with Gasteiger partial charge in [-0.2, -0.15) is 5.10 Å². The lowest BCUT2D eigenvalue weighted by Crippen LogP contribution is -1.79. The molecular weight excluding hydrogens is 120 g/mol. The molecule has 8 heavy (non-hydrogen) atoms. The van der Waals surface area contributed by atoms with Crippen LogP contribution in [-0.4, -0.2) is 16.4 Å². The molecule has 42 valence electrons. The molecule has 1 heterocycles. The molecule has 0 N–H and O–H groups in total. The Bertz CT molecular complexity index is 223. The highest BCUT2D eigenvalue weighted by atomic mass is 32.2. The van der Waals surface area contributed by atoms with E-state index in [0.29, 0.717) is 5.03 Å². The van der Waals surface area contributed by atoms with Gasteiger partial charge in [-0.25, -0.2) is 0 Å². The number of rotatable bonds is 1. The lowest BCUT2D eigenvalue weighted by atomic mass is 10.6. The van der Waals surface area contributed by atoms with Gasteiger partial charge in [0.05, 0.1) is 0 Å². The largest absolute Gasteiger partial charge is 0.158 e. The Labute approximate surface area is 56.5 Å². The molecule has 0 radical (unpaired) electrons. The fourth-order valence-electron chi connectivity index (χ4n) is 0.342. The van der Waals surface area contributed by atoms with E-state index in [0.717, 1.165) is 11.8 Å². The number of hydrogen-bond donors (Lipinski definition) is 0. The predicted molar refractivity (Wildman–Crippen MR) is 33.8 cm³/mol. The van der Waals surface area contributed by atoms with Crippen molar-refractivity contribution < 1.29 is 4.11 Å². The molecule has 0 bridgehead atoms. The van der Waals surface area contributed by atoms with E-state index in [1.54, 1.807) is 12.1 Å². The van der Waals surface area contributed by atoms with E-state index in [4.69, 9.17) is 4.11 Å². The fourth-order valence-corrected chi connectivity index (χ4v) is 0.576. The van der Waals surface area contributed by atoms with Gasteiger partial charge in [-0.1, -0.05) is 0 Å². The van der Waals surface area contributed by atoms with E-state index in [9.17, 15) is 0 Å². The van der Waals surface area contributed by atoms with Gasteiger partial charge in [0.1, 0.15) is 5.03 Å². The summed E-state index contributed by atoms with van der Waals surface area (Å²) in [6, 6.07) is 3.27. The first-order valence-corrected chi connectivity index (χ1v) is 2.86. The minimum absolute atomic E-state index is 0.424. The molecule has 1 rings (SSSR count). The minimum atomic E-state index is -2.03. The van der Waals surface area contributed by atoms with E-state index in [-0.39, 0.29) is 0 Å². The topological polar surface area (TPSA) is 25.8 Å². The molecule has 0 fully saturated rings. The van der Waals surface area contributed by atoms with E-state index < -0.39 is 6.18 Å². The van der Waals surface area contributed by atoms with E-state index in [1.165, 1.54) is 6.20 Å². The molecule has 0 aromatic carbocycles. The van der Waals surface area contributed by atoms with Gasteiger partial charge in [-0.05, 0) is 18.3 Å². The summed E-state index contributed by atoms with van der Waals surface area (Å²) in [5.41, 5.74) is 0. The first-order chi connectivity index (χ1) is 5.08. The smallest absolute Gasteiger partial charge is 0.118 e. The second-order valence-corrected chi connectivity index (χ2v) is 1.79. The molecule has 0 amide bonds. The third-order valence-corrected chi connectivity index (χ3v) is 1.08. The maximum Gasteiger partial charge on any atom is 0.118 e. The monoisotopic (exact) mass is 129 g/mol. The summed E-state index contributed by atoms with van der Waals surface area (Å²) < 4.78 is 20.7. The van der Waals surface area contributed by atoms with Crippen LogP contribution in [-0.2, 0) is 0 Å². The van der Waals surface area contributed by atoms with Crippen LogP contribution in [0.5, 0.6) is 0 Å². The van der Waals surface area contributed by atoms with Crippen LogP contribution in [0.1, 0.15) is 4.11 Å². The van der Waals surface area contributed by atoms with Crippen LogP contribution < -0.4 is 0 Å². The maximum atomic E-state index is 6.90. The van der Waals surface area contributed by atoms with Crippen molar-refractivity contribution in [1.29, 1.82) is 0 Å². The standard InChI is InChI=1S/C5H6N2S/c1-8-5-3-2-4-6-7-5/h2-4H,1H3/i1D3. The molecule has 1 aromatic rings. The Morgan fingerprint density at radius 3 is 3.50 bits per heavy atom. The Hall–Kier alpha value is -0.570.